The highest BCUT2D eigenvalue weighted by atomic mass is 16.5. The van der Waals surface area contributed by atoms with Crippen LogP contribution >= 0.6 is 0 Å². The molecule has 0 atom stereocenters. The van der Waals surface area contributed by atoms with Crippen molar-refractivity contribution in [1.82, 2.24) is 0 Å². The molecule has 0 saturated heterocycles. The third-order valence-electron chi connectivity index (χ3n) is 1.76. The van der Waals surface area contributed by atoms with Gasteiger partial charge in [-0.1, -0.05) is 0 Å². The zero-order chi connectivity index (χ0) is 10.6. The molecule has 1 aromatic rings. The van der Waals surface area contributed by atoms with Gasteiger partial charge in [-0.2, -0.15) is 10.5 Å². The summed E-state index contributed by atoms with van der Waals surface area (Å²) >= 11 is 0. The summed E-state index contributed by atoms with van der Waals surface area (Å²) in [6.45, 7) is 0. The molecule has 0 saturated carbocycles. The van der Waals surface area contributed by atoms with Crippen LogP contribution in [0.15, 0.2) is 12.1 Å². The Balaban J connectivity index is 3.28. The zero-order valence-electron chi connectivity index (χ0n) is 7.61. The lowest BCUT2D eigenvalue weighted by molar-refractivity contribution is 0.372. The van der Waals surface area contributed by atoms with E-state index in [4.69, 9.17) is 15.3 Å². The molecule has 1 aromatic carbocycles. The molecule has 0 fully saturated rings. The van der Waals surface area contributed by atoms with E-state index in [1.54, 1.807) is 6.07 Å². The number of rotatable bonds is 2. The van der Waals surface area contributed by atoms with Crippen molar-refractivity contribution in [3.8, 4) is 23.6 Å². The van der Waals surface area contributed by atoms with Gasteiger partial charge in [-0.05, 0) is 17.7 Å². The molecule has 0 bridgehead atoms. The highest BCUT2D eigenvalue weighted by Crippen LogP contribution is 2.30. The first kappa shape index (κ1) is 9.88. The molecule has 1 rings (SSSR count). The van der Waals surface area contributed by atoms with Gasteiger partial charge in [0.15, 0.2) is 11.5 Å². The maximum Gasteiger partial charge on any atom is 0.175 e. The monoisotopic (exact) mass is 188 g/mol. The van der Waals surface area contributed by atoms with Crippen LogP contribution in [-0.2, 0) is 6.42 Å². The highest BCUT2D eigenvalue weighted by Gasteiger charge is 2.09. The van der Waals surface area contributed by atoms with Gasteiger partial charge in [-0.25, -0.2) is 0 Å². The smallest absolute Gasteiger partial charge is 0.175 e. The van der Waals surface area contributed by atoms with Gasteiger partial charge in [0, 0.05) is 0 Å². The average Bonchev–Trinajstić information content (AvgIpc) is 2.20. The normalized spacial score (nSPS) is 8.79. The van der Waals surface area contributed by atoms with Gasteiger partial charge in [0.25, 0.3) is 0 Å². The molecular weight excluding hydrogens is 180 g/mol. The summed E-state index contributed by atoms with van der Waals surface area (Å²) in [4.78, 5) is 0. The average molecular weight is 188 g/mol. The van der Waals surface area contributed by atoms with Gasteiger partial charge in [0.1, 0.15) is 6.07 Å². The van der Waals surface area contributed by atoms with E-state index in [-0.39, 0.29) is 23.5 Å². The molecule has 0 aliphatic rings. The highest BCUT2D eigenvalue weighted by molar-refractivity contribution is 5.54. The van der Waals surface area contributed by atoms with E-state index in [0.29, 0.717) is 5.56 Å². The van der Waals surface area contributed by atoms with Gasteiger partial charge >= 0.3 is 0 Å². The topological polar surface area (TPSA) is 77.0 Å². The fourth-order valence-corrected chi connectivity index (χ4v) is 1.10. The van der Waals surface area contributed by atoms with Crippen molar-refractivity contribution in [2.24, 2.45) is 0 Å². The van der Waals surface area contributed by atoms with Crippen LogP contribution < -0.4 is 4.74 Å². The van der Waals surface area contributed by atoms with Crippen LogP contribution in [0, 0.1) is 22.7 Å². The maximum atomic E-state index is 9.45. The summed E-state index contributed by atoms with van der Waals surface area (Å²) in [6.07, 6.45) is 0.186. The number of methoxy groups -OCH3 is 1. The van der Waals surface area contributed by atoms with Crippen molar-refractivity contribution < 1.29 is 9.84 Å². The zero-order valence-corrected chi connectivity index (χ0v) is 7.61. The number of benzene rings is 1. The van der Waals surface area contributed by atoms with Crippen LogP contribution in [0.4, 0.5) is 0 Å². The summed E-state index contributed by atoms with van der Waals surface area (Å²) in [5.41, 5.74) is 0.772. The standard InChI is InChI=1S/C10H8N2O2/c1-14-9-5-7(2-3-11)4-8(6-12)10(9)13/h4-5,13H,2H2,1H3. The largest absolute Gasteiger partial charge is 0.503 e. The molecule has 0 spiro atoms. The number of hydrogen-bond donors (Lipinski definition) is 1. The first-order chi connectivity index (χ1) is 6.72. The predicted molar refractivity (Wildman–Crippen MR) is 48.7 cm³/mol. The molecule has 0 radical (unpaired) electrons. The van der Waals surface area contributed by atoms with E-state index in [2.05, 4.69) is 0 Å². The maximum absolute atomic E-state index is 9.45. The van der Waals surface area contributed by atoms with E-state index in [9.17, 15) is 5.11 Å². The van der Waals surface area contributed by atoms with E-state index in [1.807, 2.05) is 12.1 Å². The van der Waals surface area contributed by atoms with Gasteiger partial charge in [0.2, 0.25) is 0 Å². The first-order valence-corrected chi connectivity index (χ1v) is 3.90. The van der Waals surface area contributed by atoms with Crippen LogP contribution in [0.5, 0.6) is 11.5 Å². The number of aromatic hydroxyl groups is 1. The van der Waals surface area contributed by atoms with Crippen molar-refractivity contribution in [3.05, 3.63) is 23.3 Å². The lowest BCUT2D eigenvalue weighted by Gasteiger charge is -2.06. The van der Waals surface area contributed by atoms with E-state index in [1.165, 1.54) is 13.2 Å². The van der Waals surface area contributed by atoms with Crippen LogP contribution in [0.1, 0.15) is 11.1 Å². The molecular formula is C10H8N2O2. The second-order valence-corrected chi connectivity index (χ2v) is 2.64. The Kier molecular flexibility index (Phi) is 2.93. The van der Waals surface area contributed by atoms with Gasteiger partial charge in [-0.3, -0.25) is 0 Å². The molecule has 70 valence electrons. The van der Waals surface area contributed by atoms with Crippen molar-refractivity contribution in [3.63, 3.8) is 0 Å². The number of phenolic OH excluding ortho intramolecular Hbond substituents is 1. The Hall–Kier alpha value is -2.20. The van der Waals surface area contributed by atoms with E-state index < -0.39 is 0 Å². The lowest BCUT2D eigenvalue weighted by atomic mass is 10.1. The molecule has 0 heterocycles. The summed E-state index contributed by atoms with van der Waals surface area (Å²) in [5, 5.41) is 26.6. The molecule has 0 amide bonds. The fourth-order valence-electron chi connectivity index (χ4n) is 1.10. The van der Waals surface area contributed by atoms with Crippen molar-refractivity contribution in [2.45, 2.75) is 6.42 Å². The third kappa shape index (κ3) is 1.75. The number of hydrogen-bond acceptors (Lipinski definition) is 4. The Morgan fingerprint density at radius 3 is 2.64 bits per heavy atom. The SMILES string of the molecule is COc1cc(CC#N)cc(C#N)c1O. The fraction of sp³-hybridized carbons (Fsp3) is 0.200. The van der Waals surface area contributed by atoms with Crippen LogP contribution in [0.2, 0.25) is 0 Å². The summed E-state index contributed by atoms with van der Waals surface area (Å²) in [5.74, 6) is 0.0333. The van der Waals surface area contributed by atoms with Crippen molar-refractivity contribution in [2.75, 3.05) is 7.11 Å². The number of nitrogens with zero attached hydrogens (tertiary/aromatic N) is 2. The molecule has 14 heavy (non-hydrogen) atoms. The number of phenols is 1. The minimum absolute atomic E-state index is 0.120. The second-order valence-electron chi connectivity index (χ2n) is 2.64. The van der Waals surface area contributed by atoms with E-state index >= 15 is 0 Å². The van der Waals surface area contributed by atoms with Crippen molar-refractivity contribution in [1.29, 1.82) is 10.5 Å². The van der Waals surface area contributed by atoms with Crippen molar-refractivity contribution >= 4 is 0 Å². The molecule has 0 aromatic heterocycles. The minimum Gasteiger partial charge on any atom is -0.503 e. The lowest BCUT2D eigenvalue weighted by Crippen LogP contribution is -1.90. The van der Waals surface area contributed by atoms with E-state index in [0.717, 1.165) is 0 Å². The summed E-state index contributed by atoms with van der Waals surface area (Å²) < 4.78 is 4.86. The second kappa shape index (κ2) is 4.15. The molecule has 4 nitrogen and oxygen atoms in total. The Morgan fingerprint density at radius 2 is 2.14 bits per heavy atom. The summed E-state index contributed by atoms with van der Waals surface area (Å²) in [7, 11) is 1.40. The third-order valence-corrected chi connectivity index (χ3v) is 1.76. The van der Waals surface area contributed by atoms with Gasteiger partial charge in [-0.15, -0.1) is 0 Å². The Morgan fingerprint density at radius 1 is 1.43 bits per heavy atom. The minimum atomic E-state index is -0.184. The number of nitriles is 2. The molecule has 4 heteroatoms. The van der Waals surface area contributed by atoms with Gasteiger partial charge in [0.05, 0.1) is 25.2 Å². The first-order valence-electron chi connectivity index (χ1n) is 3.90. The molecule has 0 unspecified atom stereocenters. The van der Waals surface area contributed by atoms with Crippen LogP contribution in [0.25, 0.3) is 0 Å². The quantitative estimate of drug-likeness (QED) is 0.759. The molecule has 0 aliphatic carbocycles. The van der Waals surface area contributed by atoms with Crippen LogP contribution in [-0.4, -0.2) is 12.2 Å². The van der Waals surface area contributed by atoms with Crippen LogP contribution in [0.3, 0.4) is 0 Å². The number of ether oxygens (including phenoxy) is 1. The Labute approximate surface area is 81.6 Å². The Bertz CT molecular complexity index is 427. The van der Waals surface area contributed by atoms with Gasteiger partial charge < -0.3 is 9.84 Å². The predicted octanol–water partition coefficient (Wildman–Crippen LogP) is 1.34. The molecule has 0 aliphatic heterocycles. The summed E-state index contributed by atoms with van der Waals surface area (Å²) in [6, 6.07) is 6.80. The molecule has 1 N–H and O–H groups in total.